The van der Waals surface area contributed by atoms with E-state index in [4.69, 9.17) is 25.8 Å². The molecule has 4 fully saturated rings. The molecule has 1 aliphatic heterocycles. The van der Waals surface area contributed by atoms with Gasteiger partial charge in [0.1, 0.15) is 11.7 Å². The molecule has 212 valence electrons. The van der Waals surface area contributed by atoms with E-state index in [0.717, 1.165) is 24.7 Å². The molecular formula is C30H44ClNO6. The number of carboxylic acids is 1. The number of ether oxygens (including phenoxy) is 3. The van der Waals surface area contributed by atoms with Gasteiger partial charge in [-0.1, -0.05) is 57.0 Å². The van der Waals surface area contributed by atoms with Gasteiger partial charge < -0.3 is 24.1 Å². The molecule has 0 unspecified atom stereocenters. The predicted molar refractivity (Wildman–Crippen MR) is 145 cm³/mol. The fourth-order valence-corrected chi connectivity index (χ4v) is 9.70. The van der Waals surface area contributed by atoms with E-state index in [9.17, 15) is 14.7 Å². The highest BCUT2D eigenvalue weighted by Gasteiger charge is 2.85. The Labute approximate surface area is 231 Å². The fourth-order valence-electron chi connectivity index (χ4n) is 9.53. The van der Waals surface area contributed by atoms with Gasteiger partial charge in [0.2, 0.25) is 0 Å². The first-order chi connectivity index (χ1) is 18.0. The van der Waals surface area contributed by atoms with E-state index < -0.39 is 22.4 Å². The van der Waals surface area contributed by atoms with E-state index >= 15 is 0 Å². The van der Waals surface area contributed by atoms with Crippen molar-refractivity contribution in [2.24, 2.45) is 40.4 Å². The molecule has 0 spiro atoms. The van der Waals surface area contributed by atoms with Crippen molar-refractivity contribution < 1.29 is 28.9 Å². The van der Waals surface area contributed by atoms with E-state index in [2.05, 4.69) is 24.5 Å². The minimum Gasteiger partial charge on any atom is -0.480 e. The smallest absolute Gasteiger partial charge is 0.317 e. The predicted octanol–water partition coefficient (Wildman–Crippen LogP) is 4.54. The summed E-state index contributed by atoms with van der Waals surface area (Å²) in [6, 6.07) is 0. The maximum Gasteiger partial charge on any atom is 0.317 e. The van der Waals surface area contributed by atoms with Crippen molar-refractivity contribution in [3.8, 4) is 0 Å². The highest BCUT2D eigenvalue weighted by molar-refractivity contribution is 6.29. The second-order valence-corrected chi connectivity index (χ2v) is 13.5. The Morgan fingerprint density at radius 1 is 1.32 bits per heavy atom. The number of aliphatic carboxylic acids is 1. The number of methoxy groups -OCH3 is 1. The maximum atomic E-state index is 13.6. The van der Waals surface area contributed by atoms with Crippen LogP contribution >= 0.6 is 11.6 Å². The molecule has 1 heterocycles. The lowest BCUT2D eigenvalue weighted by Crippen LogP contribution is -2.66. The zero-order chi connectivity index (χ0) is 27.6. The number of hydrogen-bond donors (Lipinski definition) is 1. The minimum absolute atomic E-state index is 0.0101. The molecule has 38 heavy (non-hydrogen) atoms. The molecule has 0 amide bonds. The van der Waals surface area contributed by atoms with Gasteiger partial charge in [-0.2, -0.15) is 0 Å². The summed E-state index contributed by atoms with van der Waals surface area (Å²) in [5, 5.41) is 11.7. The zero-order valence-electron chi connectivity index (χ0n) is 23.5. The normalized spacial score (nSPS) is 46.1. The van der Waals surface area contributed by atoms with Crippen molar-refractivity contribution in [2.75, 3.05) is 33.4 Å². The van der Waals surface area contributed by atoms with Crippen LogP contribution in [0.15, 0.2) is 23.3 Å². The third-order valence-electron chi connectivity index (χ3n) is 10.9. The number of carboxylic acid groups (broad SMARTS) is 1. The van der Waals surface area contributed by atoms with Gasteiger partial charge in [-0.05, 0) is 49.9 Å². The van der Waals surface area contributed by atoms with Gasteiger partial charge in [0.25, 0.3) is 0 Å². The number of carbonyl (C=O) groups excluding carboxylic acids is 1. The molecule has 7 nitrogen and oxygen atoms in total. The SMILES string of the molecule is C=C(Cl)CN1C[C@H](CO[C@@]23C[C@@H]4[C@H](C)CC[C@H]4[C@@]4(C=O)C[C@@H]2C=C(C(C)C)[C@@]34C(=O)O)O[C@H](C)[C@@H](OC)C1. The van der Waals surface area contributed by atoms with Crippen LogP contribution in [-0.4, -0.2) is 79.5 Å². The number of halogens is 1. The number of carbonyl (C=O) groups is 2. The van der Waals surface area contributed by atoms with E-state index in [1.54, 1.807) is 7.11 Å². The summed E-state index contributed by atoms with van der Waals surface area (Å²) in [5.74, 6) is -0.200. The van der Waals surface area contributed by atoms with E-state index in [1.807, 2.05) is 20.8 Å². The third kappa shape index (κ3) is 3.75. The minimum atomic E-state index is -1.35. The highest BCUT2D eigenvalue weighted by Crippen LogP contribution is 2.80. The molecular weight excluding hydrogens is 506 g/mol. The van der Waals surface area contributed by atoms with E-state index in [1.165, 1.54) is 0 Å². The van der Waals surface area contributed by atoms with E-state index in [-0.39, 0.29) is 48.6 Å². The molecule has 0 aromatic heterocycles. The van der Waals surface area contributed by atoms with Crippen molar-refractivity contribution in [2.45, 2.75) is 77.3 Å². The summed E-state index contributed by atoms with van der Waals surface area (Å²) in [7, 11) is 1.68. The van der Waals surface area contributed by atoms with Gasteiger partial charge in [-0.25, -0.2) is 0 Å². The first-order valence-electron chi connectivity index (χ1n) is 14.3. The lowest BCUT2D eigenvalue weighted by molar-refractivity contribution is -0.218. The fraction of sp³-hybridized carbons (Fsp3) is 0.800. The summed E-state index contributed by atoms with van der Waals surface area (Å²) in [5.41, 5.74) is -2.37. The van der Waals surface area contributed by atoms with Crippen LogP contribution in [0.2, 0.25) is 0 Å². The molecule has 3 saturated carbocycles. The Bertz CT molecular complexity index is 1010. The quantitative estimate of drug-likeness (QED) is 0.334. The average molecular weight is 550 g/mol. The van der Waals surface area contributed by atoms with Crippen LogP contribution in [0.4, 0.5) is 0 Å². The van der Waals surface area contributed by atoms with Crippen LogP contribution in [-0.2, 0) is 23.8 Å². The Balaban J connectivity index is 1.53. The molecule has 0 radical (unpaired) electrons. The first-order valence-corrected chi connectivity index (χ1v) is 14.6. The molecule has 5 aliphatic rings. The molecule has 4 bridgehead atoms. The van der Waals surface area contributed by atoms with Gasteiger partial charge in [0.15, 0.2) is 0 Å². The van der Waals surface area contributed by atoms with Crippen LogP contribution in [0.25, 0.3) is 0 Å². The monoisotopic (exact) mass is 549 g/mol. The molecule has 0 aromatic carbocycles. The molecule has 4 aliphatic carbocycles. The summed E-state index contributed by atoms with van der Waals surface area (Å²) in [6.45, 7) is 14.2. The second kappa shape index (κ2) is 9.99. The van der Waals surface area contributed by atoms with Crippen LogP contribution in [0.5, 0.6) is 0 Å². The largest absolute Gasteiger partial charge is 0.480 e. The van der Waals surface area contributed by atoms with Crippen molar-refractivity contribution in [1.29, 1.82) is 0 Å². The summed E-state index contributed by atoms with van der Waals surface area (Å²) in [6.07, 6.45) is 5.76. The highest BCUT2D eigenvalue weighted by atomic mass is 35.5. The molecule has 5 rings (SSSR count). The third-order valence-corrected chi connectivity index (χ3v) is 11.0. The van der Waals surface area contributed by atoms with Crippen LogP contribution < -0.4 is 0 Å². The molecule has 1 N–H and O–H groups in total. The Hall–Kier alpha value is -1.25. The van der Waals surface area contributed by atoms with Crippen molar-refractivity contribution in [3.63, 3.8) is 0 Å². The van der Waals surface area contributed by atoms with Crippen molar-refractivity contribution in [1.82, 2.24) is 4.90 Å². The number of fused-ring (bicyclic) bond motifs is 2. The number of aldehydes is 1. The van der Waals surface area contributed by atoms with Gasteiger partial charge in [-0.3, -0.25) is 9.69 Å². The Morgan fingerprint density at radius 2 is 2.05 bits per heavy atom. The lowest BCUT2D eigenvalue weighted by Gasteiger charge is -2.58. The lowest BCUT2D eigenvalue weighted by atomic mass is 9.45. The molecule has 0 aromatic rings. The molecule has 10 atom stereocenters. The number of hydrogen-bond acceptors (Lipinski definition) is 6. The van der Waals surface area contributed by atoms with Crippen LogP contribution in [0.1, 0.15) is 53.4 Å². The summed E-state index contributed by atoms with van der Waals surface area (Å²) < 4.78 is 19.1. The van der Waals surface area contributed by atoms with Crippen LogP contribution in [0.3, 0.4) is 0 Å². The zero-order valence-corrected chi connectivity index (χ0v) is 24.2. The Kier molecular flexibility index (Phi) is 7.43. The van der Waals surface area contributed by atoms with Crippen molar-refractivity contribution in [3.05, 3.63) is 23.3 Å². The maximum absolute atomic E-state index is 13.6. The van der Waals surface area contributed by atoms with Crippen LogP contribution in [0, 0.1) is 40.4 Å². The van der Waals surface area contributed by atoms with Gasteiger partial charge in [0, 0.05) is 37.7 Å². The van der Waals surface area contributed by atoms with Gasteiger partial charge in [0.05, 0.1) is 35.9 Å². The summed E-state index contributed by atoms with van der Waals surface area (Å²) in [4.78, 5) is 29.0. The Morgan fingerprint density at radius 3 is 2.66 bits per heavy atom. The van der Waals surface area contributed by atoms with Gasteiger partial charge in [-0.15, -0.1) is 0 Å². The van der Waals surface area contributed by atoms with E-state index in [0.29, 0.717) is 43.4 Å². The molecule has 1 saturated heterocycles. The topological polar surface area (TPSA) is 85.3 Å². The second-order valence-electron chi connectivity index (χ2n) is 13.0. The first kappa shape index (κ1) is 28.3. The standard InChI is InChI=1S/C30H44ClNO6/c1-17(2)25-9-21-10-28(16-33)24-8-7-18(3)23(24)11-29(21,30(25,28)27(34)35)37-15-22-13-32(12-19(4)31)14-26(36-6)20(5)38-22/h9,16-18,20-24,26H,4,7-8,10-15H2,1-3,5-6H3,(H,34,35)/t18-,20-,21+,22-,23-,24-,26+,28+,29+,30+/m1/s1. The van der Waals surface area contributed by atoms with Crippen molar-refractivity contribution >= 4 is 23.9 Å². The average Bonchev–Trinajstić information content (AvgIpc) is 3.37. The number of rotatable bonds is 9. The summed E-state index contributed by atoms with van der Waals surface area (Å²) >= 11 is 6.18. The van der Waals surface area contributed by atoms with Gasteiger partial charge >= 0.3 is 5.97 Å². The molecule has 8 heteroatoms. The number of nitrogens with zero attached hydrogens (tertiary/aromatic N) is 1.